The molecule has 1 aromatic carbocycles. The summed E-state index contributed by atoms with van der Waals surface area (Å²) in [5.41, 5.74) is 1.44. The van der Waals surface area contributed by atoms with Gasteiger partial charge in [-0.1, -0.05) is 12.1 Å². The minimum absolute atomic E-state index is 0.0391. The summed E-state index contributed by atoms with van der Waals surface area (Å²) < 4.78 is 27.6. The first kappa shape index (κ1) is 13.7. The average molecular weight is 335 g/mol. The van der Waals surface area contributed by atoms with Crippen LogP contribution in [0.15, 0.2) is 28.6 Å². The third kappa shape index (κ3) is 1.87. The minimum Gasteiger partial charge on any atom is -0.323 e. The molecule has 114 valence electrons. The third-order valence-corrected chi connectivity index (χ3v) is 6.85. The van der Waals surface area contributed by atoms with Gasteiger partial charge >= 0.3 is 0 Å². The number of rotatable bonds is 3. The number of hydrogen-bond donors (Lipinski definition) is 2. The number of nitrogens with one attached hydrogen (secondary N) is 2. The van der Waals surface area contributed by atoms with E-state index in [-0.39, 0.29) is 10.1 Å². The molecule has 0 unspecified atom stereocenters. The van der Waals surface area contributed by atoms with Gasteiger partial charge in [0.2, 0.25) is 5.91 Å². The number of benzene rings is 1. The molecule has 1 aromatic heterocycles. The fraction of sp³-hybridized carbons (Fsp3) is 0.286. The lowest BCUT2D eigenvalue weighted by Crippen LogP contribution is -2.18. The summed E-state index contributed by atoms with van der Waals surface area (Å²) in [7, 11) is -3.69. The Morgan fingerprint density at radius 1 is 1.36 bits per heavy atom. The van der Waals surface area contributed by atoms with Crippen LogP contribution in [0.3, 0.4) is 0 Å². The standard InChI is InChI=1S/C14H13N3O3S2/c1-8-15-7-11(21-8)22(19,20)17-10-4-2-3-9-12(10)16-13(18)14(9)5-6-14/h2-4,7,17H,5-6H2,1H3,(H,16,18). The maximum atomic E-state index is 12.4. The Hall–Kier alpha value is -1.93. The predicted molar refractivity (Wildman–Crippen MR) is 83.6 cm³/mol. The van der Waals surface area contributed by atoms with Crippen molar-refractivity contribution in [2.45, 2.75) is 29.4 Å². The van der Waals surface area contributed by atoms with Crippen LogP contribution in [-0.2, 0) is 20.2 Å². The lowest BCUT2D eigenvalue weighted by molar-refractivity contribution is -0.117. The van der Waals surface area contributed by atoms with Crippen LogP contribution >= 0.6 is 11.3 Å². The van der Waals surface area contributed by atoms with E-state index in [4.69, 9.17) is 0 Å². The SMILES string of the molecule is Cc1ncc(S(=O)(=O)Nc2cccc3c2NC(=O)C32CC2)s1. The highest BCUT2D eigenvalue weighted by Crippen LogP contribution is 2.56. The lowest BCUT2D eigenvalue weighted by atomic mass is 9.97. The molecule has 1 aliphatic heterocycles. The number of aryl methyl sites for hydroxylation is 1. The van der Waals surface area contributed by atoms with Crippen LogP contribution in [0.25, 0.3) is 0 Å². The highest BCUT2D eigenvalue weighted by molar-refractivity contribution is 7.94. The number of carbonyl (C=O) groups excluding carboxylic acids is 1. The van der Waals surface area contributed by atoms with E-state index in [0.717, 1.165) is 29.7 Å². The smallest absolute Gasteiger partial charge is 0.273 e. The Morgan fingerprint density at radius 2 is 2.14 bits per heavy atom. The zero-order valence-corrected chi connectivity index (χ0v) is 13.3. The number of nitrogens with zero attached hydrogens (tertiary/aromatic N) is 1. The quantitative estimate of drug-likeness (QED) is 0.900. The van der Waals surface area contributed by atoms with Crippen molar-refractivity contribution in [2.75, 3.05) is 10.0 Å². The van der Waals surface area contributed by atoms with Gasteiger partial charge in [0.1, 0.15) is 0 Å². The number of fused-ring (bicyclic) bond motifs is 2. The summed E-state index contributed by atoms with van der Waals surface area (Å²) >= 11 is 1.11. The molecule has 4 rings (SSSR count). The van der Waals surface area contributed by atoms with Crippen molar-refractivity contribution in [2.24, 2.45) is 0 Å². The Bertz CT molecular complexity index is 898. The first-order chi connectivity index (χ1) is 10.4. The number of hydrogen-bond acceptors (Lipinski definition) is 5. The fourth-order valence-corrected chi connectivity index (χ4v) is 4.99. The topological polar surface area (TPSA) is 88.2 Å². The summed E-state index contributed by atoms with van der Waals surface area (Å²) in [6.45, 7) is 1.75. The van der Waals surface area contributed by atoms with Crippen LogP contribution in [0.4, 0.5) is 11.4 Å². The highest BCUT2D eigenvalue weighted by Gasteiger charge is 2.56. The van der Waals surface area contributed by atoms with E-state index in [1.165, 1.54) is 6.20 Å². The summed E-state index contributed by atoms with van der Waals surface area (Å²) in [6.07, 6.45) is 2.97. The van der Waals surface area contributed by atoms with Crippen LogP contribution in [-0.4, -0.2) is 19.3 Å². The maximum absolute atomic E-state index is 12.4. The lowest BCUT2D eigenvalue weighted by Gasteiger charge is -2.11. The van der Waals surface area contributed by atoms with Gasteiger partial charge in [-0.2, -0.15) is 0 Å². The van der Waals surface area contributed by atoms with Gasteiger partial charge in [0, 0.05) is 0 Å². The van der Waals surface area contributed by atoms with Gasteiger partial charge in [0.15, 0.2) is 4.21 Å². The van der Waals surface area contributed by atoms with Crippen LogP contribution < -0.4 is 10.0 Å². The third-order valence-electron chi connectivity index (χ3n) is 4.11. The highest BCUT2D eigenvalue weighted by atomic mass is 32.2. The average Bonchev–Trinajstić information content (AvgIpc) is 3.06. The second-order valence-corrected chi connectivity index (χ2v) is 8.71. The van der Waals surface area contributed by atoms with Crippen LogP contribution in [0, 0.1) is 6.92 Å². The van der Waals surface area contributed by atoms with Crippen molar-refractivity contribution in [3.8, 4) is 0 Å². The molecule has 22 heavy (non-hydrogen) atoms. The van der Waals surface area contributed by atoms with E-state index in [2.05, 4.69) is 15.0 Å². The first-order valence-corrected chi connectivity index (χ1v) is 9.13. The van der Waals surface area contributed by atoms with Gasteiger partial charge < -0.3 is 5.32 Å². The van der Waals surface area contributed by atoms with Gasteiger partial charge in [0.25, 0.3) is 10.0 Å². The summed E-state index contributed by atoms with van der Waals surface area (Å²) in [5.74, 6) is -0.0391. The second kappa shape index (κ2) is 4.30. The molecule has 0 saturated heterocycles. The van der Waals surface area contributed by atoms with Gasteiger partial charge in [-0.15, -0.1) is 11.3 Å². The fourth-order valence-electron chi connectivity index (χ4n) is 2.81. The van der Waals surface area contributed by atoms with E-state index < -0.39 is 15.4 Å². The maximum Gasteiger partial charge on any atom is 0.273 e. The number of anilines is 2. The molecule has 1 aliphatic carbocycles. The van der Waals surface area contributed by atoms with Gasteiger partial charge in [-0.3, -0.25) is 9.52 Å². The zero-order valence-electron chi connectivity index (χ0n) is 11.7. The van der Waals surface area contributed by atoms with E-state index in [1.807, 2.05) is 6.07 Å². The molecule has 2 aromatic rings. The van der Waals surface area contributed by atoms with Crippen LogP contribution in [0.2, 0.25) is 0 Å². The van der Waals surface area contributed by atoms with Crippen molar-refractivity contribution in [1.29, 1.82) is 0 Å². The molecular formula is C14H13N3O3S2. The molecule has 1 fully saturated rings. The molecule has 8 heteroatoms. The van der Waals surface area contributed by atoms with Crippen molar-refractivity contribution in [1.82, 2.24) is 4.98 Å². The number of aromatic nitrogens is 1. The molecule has 2 N–H and O–H groups in total. The molecule has 0 atom stereocenters. The molecule has 1 spiro atoms. The largest absolute Gasteiger partial charge is 0.323 e. The molecule has 2 heterocycles. The number of carbonyl (C=O) groups is 1. The summed E-state index contributed by atoms with van der Waals surface area (Å²) in [5, 5.41) is 3.50. The first-order valence-electron chi connectivity index (χ1n) is 6.83. The molecule has 2 aliphatic rings. The minimum atomic E-state index is -3.69. The van der Waals surface area contributed by atoms with Gasteiger partial charge in [0.05, 0.1) is 28.0 Å². The van der Waals surface area contributed by atoms with Crippen molar-refractivity contribution >= 4 is 38.6 Å². The molecule has 0 bridgehead atoms. The monoisotopic (exact) mass is 335 g/mol. The van der Waals surface area contributed by atoms with E-state index >= 15 is 0 Å². The molecule has 1 saturated carbocycles. The van der Waals surface area contributed by atoms with Crippen molar-refractivity contribution in [3.05, 3.63) is 35.0 Å². The molecule has 6 nitrogen and oxygen atoms in total. The van der Waals surface area contributed by atoms with E-state index in [9.17, 15) is 13.2 Å². The normalized spacial score (nSPS) is 18.1. The van der Waals surface area contributed by atoms with E-state index in [1.54, 1.807) is 19.1 Å². The zero-order chi connectivity index (χ0) is 15.5. The summed E-state index contributed by atoms with van der Waals surface area (Å²) in [6, 6.07) is 5.32. The van der Waals surface area contributed by atoms with Crippen LogP contribution in [0.5, 0.6) is 0 Å². The van der Waals surface area contributed by atoms with Crippen molar-refractivity contribution < 1.29 is 13.2 Å². The van der Waals surface area contributed by atoms with Gasteiger partial charge in [-0.25, -0.2) is 13.4 Å². The number of para-hydroxylation sites is 1. The second-order valence-electron chi connectivity index (χ2n) is 5.57. The Balaban J connectivity index is 1.74. The molecule has 1 amide bonds. The predicted octanol–water partition coefficient (Wildman–Crippen LogP) is 2.24. The Morgan fingerprint density at radius 3 is 2.77 bits per heavy atom. The number of thiazole rings is 1. The number of sulfonamides is 1. The Kier molecular flexibility index (Phi) is 2.68. The number of amides is 1. The molecule has 0 radical (unpaired) electrons. The van der Waals surface area contributed by atoms with E-state index in [0.29, 0.717) is 16.4 Å². The molecular weight excluding hydrogens is 322 g/mol. The van der Waals surface area contributed by atoms with Crippen molar-refractivity contribution in [3.63, 3.8) is 0 Å². The Labute approximate surface area is 131 Å². The van der Waals surface area contributed by atoms with Crippen LogP contribution in [0.1, 0.15) is 23.4 Å². The van der Waals surface area contributed by atoms with Gasteiger partial charge in [-0.05, 0) is 31.4 Å². The summed E-state index contributed by atoms with van der Waals surface area (Å²) in [4.78, 5) is 16.1.